The summed E-state index contributed by atoms with van der Waals surface area (Å²) in [7, 11) is 3.88. The van der Waals surface area contributed by atoms with Crippen LogP contribution in [0.3, 0.4) is 0 Å². The van der Waals surface area contributed by atoms with Gasteiger partial charge in [0, 0.05) is 72.8 Å². The molecule has 34 nitrogen and oxygen atoms in total. The van der Waals surface area contributed by atoms with Crippen molar-refractivity contribution in [2.24, 2.45) is 17.2 Å². The van der Waals surface area contributed by atoms with Crippen LogP contribution >= 0.6 is 0 Å². The standard InChI is InChI=1S/C64H78N18O16/c1-33(83)75-35-15-19-49(95-2)40(27-35)54(86)79-45(12-7-23-71-62(65)66)58(90)76-36-16-20-50(96-3)41(28-36)55(87)80-46(13-8-24-72-63(67)68)59(91)78-38-18-22-52(98-32-53(84)85)43(30-38)57(89)81-47(14-9-25-73-64(69)70)60(92)77-37-17-21-51(97-4)42(29-37)56(88)82-48(61(93)94)26-34-31-74-44-11-6-5-10-39(34)44/h5-6,10-11,15-22,27-31,45-48,74H,7-9,12-14,23-26,32H2,1-4H3,(H,75,83)(H,76,90)(H,77,92)(H,78,91)(H,79,86)(H,80,87)(H,81,89)(H,82,88)(H,84,85)(H,93,94)(H4,65,66,71)(H4,67,68,72)(H4,69,70,73)/t45-,46-,47-,48-/m1/s1. The number of fused-ring (bicyclic) bond motifs is 1. The Labute approximate surface area is 560 Å². The molecule has 0 bridgehead atoms. The molecule has 0 aliphatic carbocycles. The van der Waals surface area contributed by atoms with E-state index in [1.165, 1.54) is 95.0 Å². The molecule has 0 saturated carbocycles. The molecule has 0 spiro atoms. The quantitative estimate of drug-likeness (QED) is 0.0152. The minimum absolute atomic E-state index is 0.000672. The minimum Gasteiger partial charge on any atom is -0.496 e. The first-order chi connectivity index (χ1) is 46.8. The predicted molar refractivity (Wildman–Crippen MR) is 361 cm³/mol. The van der Waals surface area contributed by atoms with Crippen molar-refractivity contribution < 1.29 is 77.1 Å². The van der Waals surface area contributed by atoms with Crippen LogP contribution in [0.1, 0.15) is 92.4 Å². The number of hydrogen-bond donors (Lipinski definition) is 20. The smallest absolute Gasteiger partial charge is 0.341 e. The molecule has 1 aromatic heterocycles. The molecule has 6 aromatic rings. The average molecular weight is 1360 g/mol. The van der Waals surface area contributed by atoms with Gasteiger partial charge >= 0.3 is 11.9 Å². The number of anilines is 4. The number of aromatic amines is 1. The first-order valence-electron chi connectivity index (χ1n) is 30.3. The maximum absolute atomic E-state index is 14.5. The molecule has 0 aliphatic heterocycles. The van der Waals surface area contributed by atoms with Crippen LogP contribution in [0.15, 0.2) is 103 Å². The molecule has 0 fully saturated rings. The lowest BCUT2D eigenvalue weighted by Gasteiger charge is -2.22. The fourth-order valence-corrected chi connectivity index (χ4v) is 9.89. The van der Waals surface area contributed by atoms with E-state index in [1.54, 1.807) is 18.3 Å². The Kier molecular flexibility index (Phi) is 27.4. The van der Waals surface area contributed by atoms with Crippen LogP contribution in [0.25, 0.3) is 10.9 Å². The number of methoxy groups -OCH3 is 3. The number of H-pyrrole nitrogens is 1. The average Bonchev–Trinajstić information content (AvgIpc) is 1.87. The molecule has 520 valence electrons. The molecule has 98 heavy (non-hydrogen) atoms. The molecule has 8 amide bonds. The Morgan fingerprint density at radius 1 is 0.480 bits per heavy atom. The predicted octanol–water partition coefficient (Wildman–Crippen LogP) is 2.04. The number of benzene rings is 5. The van der Waals surface area contributed by atoms with Gasteiger partial charge in [-0.1, -0.05) is 18.2 Å². The van der Waals surface area contributed by atoms with E-state index in [4.69, 9.17) is 52.4 Å². The number of hydrogen-bond acceptors (Lipinski definition) is 17. The zero-order valence-electron chi connectivity index (χ0n) is 53.7. The number of amides is 8. The van der Waals surface area contributed by atoms with Gasteiger partial charge in [-0.3, -0.25) is 54.6 Å². The Morgan fingerprint density at radius 2 is 0.827 bits per heavy atom. The molecule has 34 heteroatoms. The highest BCUT2D eigenvalue weighted by Gasteiger charge is 2.30. The van der Waals surface area contributed by atoms with Crippen LogP contribution in [0.2, 0.25) is 0 Å². The van der Waals surface area contributed by atoms with E-state index in [0.29, 0.717) is 5.56 Å². The molecule has 5 aromatic carbocycles. The molecular formula is C64H78N18O16. The Morgan fingerprint density at radius 3 is 1.17 bits per heavy atom. The summed E-state index contributed by atoms with van der Waals surface area (Å²) in [6.45, 7) is 0.595. The zero-order chi connectivity index (χ0) is 71.6. The van der Waals surface area contributed by atoms with Crippen molar-refractivity contribution in [3.05, 3.63) is 131 Å². The number of carboxylic acid groups (broad SMARTS) is 2. The van der Waals surface area contributed by atoms with E-state index < -0.39 is 95.5 Å². The second-order valence-electron chi connectivity index (χ2n) is 21.7. The van der Waals surface area contributed by atoms with Crippen LogP contribution < -0.4 is 94.6 Å². The van der Waals surface area contributed by atoms with Gasteiger partial charge in [-0.15, -0.1) is 0 Å². The van der Waals surface area contributed by atoms with Crippen molar-refractivity contribution in [3.63, 3.8) is 0 Å². The molecule has 1 heterocycles. The summed E-state index contributed by atoms with van der Waals surface area (Å²) in [6, 6.07) is 17.6. The van der Waals surface area contributed by atoms with Crippen molar-refractivity contribution in [2.45, 2.75) is 76.0 Å². The number of carbonyl (C=O) groups excluding carboxylic acids is 8. The normalized spacial score (nSPS) is 11.9. The highest BCUT2D eigenvalue weighted by molar-refractivity contribution is 6.08. The second-order valence-corrected chi connectivity index (χ2v) is 21.7. The number of aliphatic carboxylic acids is 2. The van der Waals surface area contributed by atoms with E-state index >= 15 is 0 Å². The number of guanidine groups is 3. The van der Waals surface area contributed by atoms with E-state index in [1.807, 2.05) is 12.1 Å². The van der Waals surface area contributed by atoms with E-state index in [9.17, 15) is 58.2 Å². The SMILES string of the molecule is COc1ccc(NC(=O)[C@@H](CCCNC(=N)N)NC(=O)c2cc(NC(=O)[C@@H](CCCNC(=N)N)NC(=O)c3cc(NC(=O)[C@@H](CCCNC(=N)N)NC(=O)c4cc(NC(C)=O)ccc4OC)ccc3OC)ccc2OCC(=O)O)cc1C(=O)N[C@H](Cc1c[nH]c2ccccc12)C(=O)O. The van der Waals surface area contributed by atoms with E-state index in [-0.39, 0.29) is 145 Å². The van der Waals surface area contributed by atoms with Gasteiger partial charge in [0.15, 0.2) is 24.5 Å². The molecule has 6 rings (SSSR count). The number of nitrogens with one attached hydrogen (secondary N) is 15. The van der Waals surface area contributed by atoms with Crippen LogP contribution in [0, 0.1) is 16.2 Å². The van der Waals surface area contributed by atoms with Gasteiger partial charge in [0.1, 0.15) is 47.2 Å². The minimum atomic E-state index is -1.44. The number of nitrogens with two attached hydrogens (primary N) is 3. The number of carbonyl (C=O) groups is 10. The molecule has 0 unspecified atom stereocenters. The first-order valence-corrected chi connectivity index (χ1v) is 30.3. The van der Waals surface area contributed by atoms with Gasteiger partial charge in [0.25, 0.3) is 23.6 Å². The van der Waals surface area contributed by atoms with Gasteiger partial charge in [-0.25, -0.2) is 9.59 Å². The summed E-state index contributed by atoms with van der Waals surface area (Å²) in [4.78, 5) is 139. The Bertz CT molecular complexity index is 3970. The van der Waals surface area contributed by atoms with Gasteiger partial charge < -0.3 is 110 Å². The molecule has 23 N–H and O–H groups in total. The van der Waals surface area contributed by atoms with Crippen LogP contribution in [-0.4, -0.2) is 164 Å². The molecule has 4 atom stereocenters. The lowest BCUT2D eigenvalue weighted by atomic mass is 10.0. The molecular weight excluding hydrogens is 1280 g/mol. The van der Waals surface area contributed by atoms with Crippen molar-refractivity contribution >= 4 is 111 Å². The van der Waals surface area contributed by atoms with Crippen LogP contribution in [0.5, 0.6) is 23.0 Å². The third kappa shape index (κ3) is 22.3. The highest BCUT2D eigenvalue weighted by atomic mass is 16.5. The zero-order valence-corrected chi connectivity index (χ0v) is 53.7. The molecule has 0 radical (unpaired) electrons. The Balaban J connectivity index is 1.24. The van der Waals surface area contributed by atoms with Gasteiger partial charge in [-0.2, -0.15) is 0 Å². The summed E-state index contributed by atoms with van der Waals surface area (Å²) in [5, 5.41) is 72.3. The van der Waals surface area contributed by atoms with Gasteiger partial charge in [-0.05, 0) is 123 Å². The summed E-state index contributed by atoms with van der Waals surface area (Å²) < 4.78 is 21.8. The summed E-state index contributed by atoms with van der Waals surface area (Å²) >= 11 is 0. The third-order valence-electron chi connectivity index (χ3n) is 14.6. The lowest BCUT2D eigenvalue weighted by Crippen LogP contribution is -2.45. The molecule has 0 saturated heterocycles. The van der Waals surface area contributed by atoms with Crippen molar-refractivity contribution in [2.75, 3.05) is 68.8 Å². The summed E-state index contributed by atoms with van der Waals surface area (Å²) in [6.07, 6.45) is 1.74. The number of para-hydroxylation sites is 1. The Hall–Kier alpha value is -12.7. The highest BCUT2D eigenvalue weighted by Crippen LogP contribution is 2.29. The first kappa shape index (κ1) is 74.4. The summed E-state index contributed by atoms with van der Waals surface area (Å²) in [5.74, 6) is -10.5. The van der Waals surface area contributed by atoms with Crippen LogP contribution in [-0.2, 0) is 35.2 Å². The van der Waals surface area contributed by atoms with E-state index in [2.05, 4.69) is 63.5 Å². The third-order valence-corrected chi connectivity index (χ3v) is 14.6. The van der Waals surface area contributed by atoms with Crippen molar-refractivity contribution in [3.8, 4) is 23.0 Å². The molecule has 0 aliphatic rings. The lowest BCUT2D eigenvalue weighted by molar-refractivity contribution is -0.140. The number of ether oxygens (including phenoxy) is 4. The monoisotopic (exact) mass is 1350 g/mol. The topological polar surface area (TPSA) is 546 Å². The maximum Gasteiger partial charge on any atom is 0.341 e. The maximum atomic E-state index is 14.5. The number of aromatic nitrogens is 1. The largest absolute Gasteiger partial charge is 0.496 e. The number of carboxylic acids is 2. The van der Waals surface area contributed by atoms with Crippen molar-refractivity contribution in [1.29, 1.82) is 16.2 Å². The fraction of sp³-hybridized carbons (Fsp3) is 0.297. The van der Waals surface area contributed by atoms with Crippen LogP contribution in [0.4, 0.5) is 22.7 Å². The van der Waals surface area contributed by atoms with Gasteiger partial charge in [0.2, 0.25) is 23.6 Å². The number of rotatable bonds is 36. The van der Waals surface area contributed by atoms with E-state index in [0.717, 1.165) is 17.0 Å². The van der Waals surface area contributed by atoms with Gasteiger partial charge in [0.05, 0.1) is 43.6 Å². The van der Waals surface area contributed by atoms with Crippen molar-refractivity contribution in [1.82, 2.24) is 42.2 Å². The second kappa shape index (κ2) is 36.1. The summed E-state index contributed by atoms with van der Waals surface area (Å²) in [5.41, 5.74) is 17.3. The fourth-order valence-electron chi connectivity index (χ4n) is 9.89.